The lowest BCUT2D eigenvalue weighted by atomic mass is 10.2. The third-order valence-electron chi connectivity index (χ3n) is 5.58. The number of halogens is 1. The molecule has 1 amide bonds. The highest BCUT2D eigenvalue weighted by molar-refractivity contribution is 7.12. The second-order valence-corrected chi connectivity index (χ2v) is 8.71. The topological polar surface area (TPSA) is 32.8 Å². The summed E-state index contributed by atoms with van der Waals surface area (Å²) in [6.45, 7) is 6.41. The number of benzene rings is 2. The van der Waals surface area contributed by atoms with Gasteiger partial charge in [0, 0.05) is 38.3 Å². The van der Waals surface area contributed by atoms with Crippen LogP contribution >= 0.6 is 11.3 Å². The van der Waals surface area contributed by atoms with Gasteiger partial charge in [0.2, 0.25) is 0 Å². The highest BCUT2D eigenvalue weighted by atomic mass is 32.1. The van der Waals surface area contributed by atoms with Crippen molar-refractivity contribution in [3.05, 3.63) is 87.4 Å². The Morgan fingerprint density at radius 3 is 2.32 bits per heavy atom. The summed E-state index contributed by atoms with van der Waals surface area (Å²) in [5, 5.41) is 2.00. The highest BCUT2D eigenvalue weighted by Gasteiger charge is 2.23. The number of nitrogens with zero attached hydrogens (tertiary/aromatic N) is 2. The SMILES string of the molecule is CCc1ccc(OCc2csc(C(=O)N3CCN(Cc4ccc(F)cc4)CC3)c2)cc1. The van der Waals surface area contributed by atoms with Crippen LogP contribution in [0.15, 0.2) is 60.0 Å². The maximum atomic E-state index is 13.1. The summed E-state index contributed by atoms with van der Waals surface area (Å²) in [5.74, 6) is 0.716. The van der Waals surface area contributed by atoms with E-state index in [4.69, 9.17) is 4.74 Å². The molecule has 162 valence electrons. The van der Waals surface area contributed by atoms with E-state index < -0.39 is 0 Å². The molecule has 3 aromatic rings. The van der Waals surface area contributed by atoms with Crippen molar-refractivity contribution in [2.75, 3.05) is 26.2 Å². The minimum atomic E-state index is -0.214. The molecule has 4 nitrogen and oxygen atoms in total. The van der Waals surface area contributed by atoms with Crippen LogP contribution in [0.3, 0.4) is 0 Å². The van der Waals surface area contributed by atoms with E-state index in [2.05, 4.69) is 24.0 Å². The molecule has 0 N–H and O–H groups in total. The Morgan fingerprint density at radius 1 is 0.968 bits per heavy atom. The minimum Gasteiger partial charge on any atom is -0.489 e. The van der Waals surface area contributed by atoms with Crippen LogP contribution in [0.2, 0.25) is 0 Å². The number of ether oxygens (including phenoxy) is 1. The van der Waals surface area contributed by atoms with Gasteiger partial charge in [-0.15, -0.1) is 11.3 Å². The Morgan fingerprint density at radius 2 is 1.65 bits per heavy atom. The first-order chi connectivity index (χ1) is 15.1. The molecule has 0 aliphatic carbocycles. The lowest BCUT2D eigenvalue weighted by molar-refractivity contribution is 0.0633. The van der Waals surface area contributed by atoms with Gasteiger partial charge < -0.3 is 9.64 Å². The molecule has 0 saturated carbocycles. The average molecular weight is 439 g/mol. The molecule has 0 radical (unpaired) electrons. The Kier molecular flexibility index (Phi) is 6.99. The molecule has 0 atom stereocenters. The van der Waals surface area contributed by atoms with Crippen molar-refractivity contribution in [1.29, 1.82) is 0 Å². The number of piperazine rings is 1. The van der Waals surface area contributed by atoms with Gasteiger partial charge in [-0.25, -0.2) is 4.39 Å². The summed E-state index contributed by atoms with van der Waals surface area (Å²) in [4.78, 5) is 17.9. The van der Waals surface area contributed by atoms with Crippen LogP contribution in [0.5, 0.6) is 5.75 Å². The Bertz CT molecular complexity index is 993. The van der Waals surface area contributed by atoms with Gasteiger partial charge >= 0.3 is 0 Å². The van der Waals surface area contributed by atoms with Crippen LogP contribution in [0.1, 0.15) is 33.3 Å². The molecule has 2 aromatic carbocycles. The van der Waals surface area contributed by atoms with Crippen LogP contribution in [-0.2, 0) is 19.6 Å². The van der Waals surface area contributed by atoms with Crippen LogP contribution in [0.25, 0.3) is 0 Å². The molecule has 0 bridgehead atoms. The van der Waals surface area contributed by atoms with Crippen molar-refractivity contribution >= 4 is 17.2 Å². The first-order valence-corrected chi connectivity index (χ1v) is 11.5. The number of rotatable bonds is 7. The van der Waals surface area contributed by atoms with Crippen molar-refractivity contribution in [2.45, 2.75) is 26.5 Å². The third-order valence-corrected chi connectivity index (χ3v) is 6.55. The summed E-state index contributed by atoms with van der Waals surface area (Å²) < 4.78 is 18.9. The number of hydrogen-bond acceptors (Lipinski definition) is 4. The van der Waals surface area contributed by atoms with Crippen molar-refractivity contribution in [3.63, 3.8) is 0 Å². The summed E-state index contributed by atoms with van der Waals surface area (Å²) >= 11 is 1.48. The second kappa shape index (κ2) is 10.1. The number of hydrogen-bond donors (Lipinski definition) is 0. The summed E-state index contributed by atoms with van der Waals surface area (Å²) in [6.07, 6.45) is 1.01. The summed E-state index contributed by atoms with van der Waals surface area (Å²) in [6, 6.07) is 16.7. The van der Waals surface area contributed by atoms with Crippen molar-refractivity contribution in [1.82, 2.24) is 9.80 Å². The number of thiophene rings is 1. The molecule has 4 rings (SSSR count). The normalized spacial score (nSPS) is 14.6. The Balaban J connectivity index is 1.26. The zero-order chi connectivity index (χ0) is 21.6. The van der Waals surface area contributed by atoms with Gasteiger partial charge in [-0.2, -0.15) is 0 Å². The average Bonchev–Trinajstić information content (AvgIpc) is 3.29. The van der Waals surface area contributed by atoms with E-state index in [1.54, 1.807) is 0 Å². The number of aryl methyl sites for hydroxylation is 1. The predicted molar refractivity (Wildman–Crippen MR) is 122 cm³/mol. The maximum absolute atomic E-state index is 13.1. The molecule has 0 unspecified atom stereocenters. The number of amides is 1. The van der Waals surface area contributed by atoms with Gasteiger partial charge in [0.15, 0.2) is 0 Å². The van der Waals surface area contributed by atoms with Crippen molar-refractivity contribution in [3.8, 4) is 5.75 Å². The maximum Gasteiger partial charge on any atom is 0.264 e. The van der Waals surface area contributed by atoms with E-state index >= 15 is 0 Å². The molecule has 1 aliphatic rings. The Hall–Kier alpha value is -2.70. The predicted octanol–water partition coefficient (Wildman–Crippen LogP) is 4.99. The first-order valence-electron chi connectivity index (χ1n) is 10.7. The van der Waals surface area contributed by atoms with Gasteiger partial charge in [-0.05, 0) is 53.3 Å². The van der Waals surface area contributed by atoms with Crippen LogP contribution in [0.4, 0.5) is 4.39 Å². The molecule has 6 heteroatoms. The molecular formula is C25H27FN2O2S. The van der Waals surface area contributed by atoms with E-state index in [1.165, 1.54) is 29.0 Å². The summed E-state index contributed by atoms with van der Waals surface area (Å²) in [7, 11) is 0. The fourth-order valence-corrected chi connectivity index (χ4v) is 4.53. The second-order valence-electron chi connectivity index (χ2n) is 7.80. The number of carbonyl (C=O) groups excluding carboxylic acids is 1. The van der Waals surface area contributed by atoms with Crippen LogP contribution < -0.4 is 4.74 Å². The van der Waals surface area contributed by atoms with Crippen molar-refractivity contribution < 1.29 is 13.9 Å². The zero-order valence-electron chi connectivity index (χ0n) is 17.7. The zero-order valence-corrected chi connectivity index (χ0v) is 18.5. The van der Waals surface area contributed by atoms with Crippen LogP contribution in [0, 0.1) is 5.82 Å². The third kappa shape index (κ3) is 5.71. The lowest BCUT2D eigenvalue weighted by Crippen LogP contribution is -2.48. The van der Waals surface area contributed by atoms with Crippen LogP contribution in [-0.4, -0.2) is 41.9 Å². The monoisotopic (exact) mass is 438 g/mol. The smallest absolute Gasteiger partial charge is 0.264 e. The largest absolute Gasteiger partial charge is 0.489 e. The van der Waals surface area contributed by atoms with E-state index in [9.17, 15) is 9.18 Å². The number of carbonyl (C=O) groups is 1. The van der Waals surface area contributed by atoms with E-state index in [0.717, 1.165) is 47.8 Å². The molecule has 1 fully saturated rings. The molecule has 2 heterocycles. The molecule has 1 aliphatic heterocycles. The molecule has 1 aromatic heterocycles. The van der Waals surface area contributed by atoms with Gasteiger partial charge in [0.05, 0.1) is 4.88 Å². The Labute approximate surface area is 186 Å². The standard InChI is InChI=1S/C25H27FN2O2S/c1-2-19-5-9-23(10-6-19)30-17-21-15-24(31-18-21)25(29)28-13-11-27(12-14-28)16-20-3-7-22(26)8-4-20/h3-10,15,18H,2,11-14,16-17H2,1H3. The molecular weight excluding hydrogens is 411 g/mol. The minimum absolute atomic E-state index is 0.0879. The van der Waals surface area contributed by atoms with Crippen molar-refractivity contribution in [2.24, 2.45) is 0 Å². The van der Waals surface area contributed by atoms with E-state index in [1.807, 2.05) is 40.6 Å². The van der Waals surface area contributed by atoms with Gasteiger partial charge in [0.25, 0.3) is 5.91 Å². The highest BCUT2D eigenvalue weighted by Crippen LogP contribution is 2.21. The molecule has 0 spiro atoms. The van der Waals surface area contributed by atoms with Gasteiger partial charge in [0.1, 0.15) is 18.2 Å². The molecule has 31 heavy (non-hydrogen) atoms. The summed E-state index contributed by atoms with van der Waals surface area (Å²) in [5.41, 5.74) is 3.39. The fourth-order valence-electron chi connectivity index (χ4n) is 3.66. The van der Waals surface area contributed by atoms with Gasteiger partial charge in [-0.3, -0.25) is 9.69 Å². The fraction of sp³-hybridized carbons (Fsp3) is 0.320. The first kappa shape index (κ1) is 21.5. The van der Waals surface area contributed by atoms with E-state index in [0.29, 0.717) is 19.7 Å². The molecule has 1 saturated heterocycles. The van der Waals surface area contributed by atoms with E-state index in [-0.39, 0.29) is 11.7 Å². The lowest BCUT2D eigenvalue weighted by Gasteiger charge is -2.34. The van der Waals surface area contributed by atoms with Gasteiger partial charge in [-0.1, -0.05) is 31.2 Å². The quantitative estimate of drug-likeness (QED) is 0.521.